The van der Waals surface area contributed by atoms with Gasteiger partial charge in [-0.1, -0.05) is 0 Å². The van der Waals surface area contributed by atoms with Gasteiger partial charge in [0, 0.05) is 0 Å². The first-order chi connectivity index (χ1) is 18.1. The van der Waals surface area contributed by atoms with Crippen LogP contribution in [0, 0.1) is 0 Å². The number of rotatable bonds is 13. The molecule has 0 aromatic heterocycles. The molecule has 5 nitrogen and oxygen atoms in total. The Morgan fingerprint density at radius 1 is 0.868 bits per heavy atom. The van der Waals surface area contributed by atoms with Gasteiger partial charge in [0.05, 0.1) is 7.11 Å². The van der Waals surface area contributed by atoms with E-state index in [2.05, 4.69) is 39.8 Å². The van der Waals surface area contributed by atoms with E-state index in [0.717, 1.165) is 44.3 Å². The van der Waals surface area contributed by atoms with Gasteiger partial charge in [-0.25, -0.2) is 0 Å². The van der Waals surface area contributed by atoms with Gasteiger partial charge in [0.1, 0.15) is 0 Å². The number of hydrogen-bond donors (Lipinski definition) is 0. The Hall–Kier alpha value is -2.30. The first-order valence-electron chi connectivity index (χ1n) is 13.9. The zero-order valence-corrected chi connectivity index (χ0v) is 25.7. The molecule has 0 N–H and O–H groups in total. The topological polar surface area (TPSA) is 61.8 Å². The molecule has 38 heavy (non-hydrogen) atoms. The summed E-state index contributed by atoms with van der Waals surface area (Å²) in [5.41, 5.74) is 3.68. The number of ether oxygens (including phenoxy) is 3. The van der Waals surface area contributed by atoms with E-state index in [0.29, 0.717) is 25.2 Å². The molecule has 0 saturated carbocycles. The molecule has 6 heteroatoms. The van der Waals surface area contributed by atoms with Gasteiger partial charge in [-0.05, 0) is 0 Å². The molecule has 0 saturated heterocycles. The number of carbonyl (C=O) groups excluding carboxylic acids is 2. The van der Waals surface area contributed by atoms with Crippen molar-refractivity contribution < 1.29 is 23.8 Å². The number of hydrogen-bond acceptors (Lipinski definition) is 5. The summed E-state index contributed by atoms with van der Waals surface area (Å²) < 4.78 is 18.8. The predicted octanol–water partition coefficient (Wildman–Crippen LogP) is 5.76. The number of esters is 2. The fourth-order valence-electron chi connectivity index (χ4n) is 4.95. The van der Waals surface area contributed by atoms with Crippen molar-refractivity contribution in [3.63, 3.8) is 0 Å². The Morgan fingerprint density at radius 2 is 1.47 bits per heavy atom. The predicted molar refractivity (Wildman–Crippen MR) is 154 cm³/mol. The Balaban J connectivity index is 1.74. The summed E-state index contributed by atoms with van der Waals surface area (Å²) in [7, 11) is 1.44. The first kappa shape index (κ1) is 30.2. The SMILES string of the molecule is CCOC(=O)c1ccc([Se]c2cc3c(cc2OCCCCCCCC(=O)OC)C(C)(C)CCC3(C)C)cc1. The van der Waals surface area contributed by atoms with Gasteiger partial charge in [-0.3, -0.25) is 0 Å². The van der Waals surface area contributed by atoms with E-state index in [-0.39, 0.29) is 37.7 Å². The van der Waals surface area contributed by atoms with Crippen LogP contribution in [0.3, 0.4) is 0 Å². The number of carbonyl (C=O) groups is 2. The minimum absolute atomic E-state index is 0.0448. The van der Waals surface area contributed by atoms with Crippen LogP contribution in [0.15, 0.2) is 36.4 Å². The molecule has 2 aromatic rings. The van der Waals surface area contributed by atoms with Crippen LogP contribution in [-0.2, 0) is 25.1 Å². The van der Waals surface area contributed by atoms with Crippen LogP contribution >= 0.6 is 0 Å². The van der Waals surface area contributed by atoms with E-state index >= 15 is 0 Å². The maximum atomic E-state index is 12.1. The van der Waals surface area contributed by atoms with Crippen molar-refractivity contribution in [3.05, 3.63) is 53.1 Å². The van der Waals surface area contributed by atoms with Crippen LogP contribution in [0.2, 0.25) is 0 Å². The van der Waals surface area contributed by atoms with Crippen molar-refractivity contribution in [2.75, 3.05) is 20.3 Å². The zero-order chi connectivity index (χ0) is 27.8. The monoisotopic (exact) mass is 588 g/mol. The molecule has 1 aliphatic rings. The van der Waals surface area contributed by atoms with Gasteiger partial charge in [-0.15, -0.1) is 0 Å². The van der Waals surface area contributed by atoms with Gasteiger partial charge in [0.25, 0.3) is 0 Å². The second-order valence-corrected chi connectivity index (χ2v) is 13.7. The molecule has 3 rings (SSSR count). The molecule has 1 aliphatic carbocycles. The van der Waals surface area contributed by atoms with Crippen molar-refractivity contribution in [1.29, 1.82) is 0 Å². The Bertz CT molecular complexity index is 1090. The van der Waals surface area contributed by atoms with E-state index in [1.807, 2.05) is 31.2 Å². The third-order valence-corrected chi connectivity index (χ3v) is 9.72. The van der Waals surface area contributed by atoms with Crippen molar-refractivity contribution in [2.24, 2.45) is 0 Å². The molecule has 0 amide bonds. The normalized spacial score (nSPS) is 15.4. The molecule has 0 fully saturated rings. The summed E-state index contributed by atoms with van der Waals surface area (Å²) in [6.07, 6.45) is 7.92. The molecule has 0 heterocycles. The molecule has 208 valence electrons. The van der Waals surface area contributed by atoms with Gasteiger partial charge < -0.3 is 0 Å². The van der Waals surface area contributed by atoms with Crippen molar-refractivity contribution in [3.8, 4) is 5.75 Å². The zero-order valence-electron chi connectivity index (χ0n) is 24.0. The number of unbranched alkanes of at least 4 members (excludes halogenated alkanes) is 4. The minimum atomic E-state index is -0.279. The summed E-state index contributed by atoms with van der Waals surface area (Å²) in [6.45, 7) is 12.3. The van der Waals surface area contributed by atoms with Gasteiger partial charge in [0.2, 0.25) is 0 Å². The average Bonchev–Trinajstić information content (AvgIpc) is 2.89. The average molecular weight is 588 g/mol. The van der Waals surface area contributed by atoms with E-state index < -0.39 is 0 Å². The van der Waals surface area contributed by atoms with Gasteiger partial charge in [-0.2, -0.15) is 0 Å². The third kappa shape index (κ3) is 8.10. The summed E-state index contributed by atoms with van der Waals surface area (Å²) in [6, 6.07) is 12.5. The summed E-state index contributed by atoms with van der Waals surface area (Å²) in [4.78, 5) is 23.3. The van der Waals surface area contributed by atoms with Gasteiger partial charge >= 0.3 is 228 Å². The van der Waals surface area contributed by atoms with E-state index in [4.69, 9.17) is 14.2 Å². The fraction of sp³-hybridized carbons (Fsp3) is 0.562. The molecule has 0 atom stereocenters. The molecule has 0 bridgehead atoms. The molecule has 0 unspecified atom stereocenters. The number of fused-ring (bicyclic) bond motifs is 1. The summed E-state index contributed by atoms with van der Waals surface area (Å²) >= 11 is 0.0448. The van der Waals surface area contributed by atoms with E-state index in [1.165, 1.54) is 33.6 Å². The summed E-state index contributed by atoms with van der Waals surface area (Å²) in [5.74, 6) is 0.588. The summed E-state index contributed by atoms with van der Waals surface area (Å²) in [5, 5.41) is 0. The van der Waals surface area contributed by atoms with Crippen LogP contribution in [0.25, 0.3) is 0 Å². The molecular weight excluding hydrogens is 543 g/mol. The van der Waals surface area contributed by atoms with Crippen molar-refractivity contribution in [1.82, 2.24) is 0 Å². The maximum absolute atomic E-state index is 12.1. The van der Waals surface area contributed by atoms with Crippen LogP contribution in [0.4, 0.5) is 0 Å². The van der Waals surface area contributed by atoms with Crippen LogP contribution in [0.1, 0.15) is 107 Å². The van der Waals surface area contributed by atoms with Crippen molar-refractivity contribution in [2.45, 2.75) is 96.8 Å². The molecule has 0 spiro atoms. The van der Waals surface area contributed by atoms with E-state index in [9.17, 15) is 9.59 Å². The quantitative estimate of drug-likeness (QED) is 0.170. The first-order valence-corrected chi connectivity index (χ1v) is 15.6. The van der Waals surface area contributed by atoms with Crippen LogP contribution < -0.4 is 13.7 Å². The second-order valence-electron chi connectivity index (χ2n) is 11.4. The Labute approximate surface area is 235 Å². The standard InChI is InChI=1S/C32H44O5Se/c1-7-36-30(34)23-14-16-24(17-15-23)38-28-22-26-25(31(2,3)18-19-32(26,4)5)21-27(28)37-20-12-10-8-9-11-13-29(33)35-6/h14-17,21-22H,7-13,18-20H2,1-6H3. The third-order valence-electron chi connectivity index (χ3n) is 7.52. The number of benzene rings is 2. The Kier molecular flexibility index (Phi) is 10.9. The number of methoxy groups -OCH3 is 1. The molecule has 0 radical (unpaired) electrons. The van der Waals surface area contributed by atoms with Crippen molar-refractivity contribution >= 4 is 35.8 Å². The Morgan fingerprint density at radius 3 is 2.11 bits per heavy atom. The van der Waals surface area contributed by atoms with Crippen LogP contribution in [0.5, 0.6) is 5.75 Å². The fourth-order valence-corrected chi connectivity index (χ4v) is 6.89. The van der Waals surface area contributed by atoms with Gasteiger partial charge in [0.15, 0.2) is 0 Å². The second kappa shape index (κ2) is 13.7. The molecule has 2 aromatic carbocycles. The molecular formula is C32H44O5Se. The van der Waals surface area contributed by atoms with Crippen LogP contribution in [-0.4, -0.2) is 47.2 Å². The van der Waals surface area contributed by atoms with E-state index in [1.54, 1.807) is 0 Å². The molecule has 0 aliphatic heterocycles.